The van der Waals surface area contributed by atoms with Crippen molar-refractivity contribution in [3.05, 3.63) is 41.7 Å². The molecule has 1 aliphatic carbocycles. The van der Waals surface area contributed by atoms with E-state index in [0.717, 1.165) is 23.6 Å². The van der Waals surface area contributed by atoms with Gasteiger partial charge in [0.2, 0.25) is 0 Å². The molecular weight excluding hydrogens is 296 g/mol. The maximum atomic E-state index is 10.2. The standard InChI is InChI=1S/C21H26N2O/c1-13-4-6-18(15(3)24)20(14(13)2)11-16-5-7-19-17(10-16)8-9-23-21(19)12-22/h5,7-10,13-15,18,20,24H,4,6,11H2,1-3H3. The second kappa shape index (κ2) is 6.91. The zero-order valence-electron chi connectivity index (χ0n) is 14.7. The number of rotatable bonds is 3. The van der Waals surface area contributed by atoms with Crippen LogP contribution >= 0.6 is 0 Å². The van der Waals surface area contributed by atoms with Crippen molar-refractivity contribution in [1.29, 1.82) is 5.26 Å². The van der Waals surface area contributed by atoms with Crippen molar-refractivity contribution < 1.29 is 5.11 Å². The van der Waals surface area contributed by atoms with E-state index in [1.54, 1.807) is 6.20 Å². The van der Waals surface area contributed by atoms with Crippen LogP contribution in [0.4, 0.5) is 0 Å². The van der Waals surface area contributed by atoms with Crippen molar-refractivity contribution in [3.8, 4) is 6.07 Å². The molecule has 3 heteroatoms. The summed E-state index contributed by atoms with van der Waals surface area (Å²) in [6.45, 7) is 6.61. The lowest BCUT2D eigenvalue weighted by Gasteiger charge is -2.42. The van der Waals surface area contributed by atoms with E-state index in [9.17, 15) is 10.4 Å². The van der Waals surface area contributed by atoms with E-state index < -0.39 is 0 Å². The molecule has 5 atom stereocenters. The Bertz CT molecular complexity index is 762. The molecule has 0 amide bonds. The third kappa shape index (κ3) is 3.16. The van der Waals surface area contributed by atoms with E-state index in [0.29, 0.717) is 29.4 Å². The van der Waals surface area contributed by atoms with Crippen molar-refractivity contribution in [2.45, 2.75) is 46.1 Å². The fourth-order valence-corrected chi connectivity index (χ4v) is 4.40. The molecule has 0 aliphatic heterocycles. The number of benzene rings is 1. The highest BCUT2D eigenvalue weighted by atomic mass is 16.3. The molecule has 1 saturated carbocycles. The Balaban J connectivity index is 1.91. The van der Waals surface area contributed by atoms with Crippen molar-refractivity contribution >= 4 is 10.8 Å². The number of hydrogen-bond acceptors (Lipinski definition) is 3. The van der Waals surface area contributed by atoms with Gasteiger partial charge in [-0.25, -0.2) is 4.98 Å². The number of fused-ring (bicyclic) bond motifs is 1. The average Bonchev–Trinajstić information content (AvgIpc) is 2.58. The third-order valence-electron chi connectivity index (χ3n) is 6.10. The second-order valence-electron chi connectivity index (χ2n) is 7.51. The minimum atomic E-state index is -0.250. The molecule has 0 saturated heterocycles. The van der Waals surface area contributed by atoms with Crippen LogP contribution in [0.2, 0.25) is 0 Å². The molecule has 1 N–H and O–H groups in total. The van der Waals surface area contributed by atoms with Gasteiger partial charge in [0.1, 0.15) is 11.8 Å². The van der Waals surface area contributed by atoms with E-state index in [2.05, 4.69) is 37.0 Å². The van der Waals surface area contributed by atoms with Crippen LogP contribution in [0.5, 0.6) is 0 Å². The van der Waals surface area contributed by atoms with Gasteiger partial charge in [-0.3, -0.25) is 0 Å². The van der Waals surface area contributed by atoms with Crippen molar-refractivity contribution in [2.24, 2.45) is 23.7 Å². The number of nitriles is 1. The number of aliphatic hydroxyl groups excluding tert-OH is 1. The number of nitrogens with zero attached hydrogens (tertiary/aromatic N) is 2. The summed E-state index contributed by atoms with van der Waals surface area (Å²) in [6, 6.07) is 10.5. The van der Waals surface area contributed by atoms with Crippen LogP contribution in [0.1, 0.15) is 44.9 Å². The van der Waals surface area contributed by atoms with Crippen LogP contribution in [0, 0.1) is 35.0 Å². The first-order valence-corrected chi connectivity index (χ1v) is 8.97. The molecule has 1 fully saturated rings. The summed E-state index contributed by atoms with van der Waals surface area (Å²) < 4.78 is 0. The van der Waals surface area contributed by atoms with Crippen LogP contribution in [0.3, 0.4) is 0 Å². The summed E-state index contributed by atoms with van der Waals surface area (Å²) in [5, 5.41) is 21.4. The van der Waals surface area contributed by atoms with Crippen molar-refractivity contribution in [2.75, 3.05) is 0 Å². The fourth-order valence-electron chi connectivity index (χ4n) is 4.40. The SMILES string of the molecule is CC(O)C1CCC(C)C(C)C1Cc1ccc2c(C#N)nccc2c1. The maximum absolute atomic E-state index is 10.2. The van der Waals surface area contributed by atoms with Gasteiger partial charge in [-0.2, -0.15) is 5.26 Å². The van der Waals surface area contributed by atoms with E-state index in [-0.39, 0.29) is 6.10 Å². The normalized spacial score (nSPS) is 28.5. The van der Waals surface area contributed by atoms with Gasteiger partial charge in [0, 0.05) is 11.6 Å². The molecule has 1 aromatic heterocycles. The van der Waals surface area contributed by atoms with Crippen LogP contribution in [-0.4, -0.2) is 16.2 Å². The van der Waals surface area contributed by atoms with Crippen LogP contribution in [0.15, 0.2) is 30.5 Å². The number of aliphatic hydroxyl groups is 1. The third-order valence-corrected chi connectivity index (χ3v) is 6.10. The minimum Gasteiger partial charge on any atom is -0.393 e. The summed E-state index contributed by atoms with van der Waals surface area (Å²) in [4.78, 5) is 4.13. The van der Waals surface area contributed by atoms with Crippen molar-refractivity contribution in [3.63, 3.8) is 0 Å². The summed E-state index contributed by atoms with van der Waals surface area (Å²) in [5.41, 5.74) is 1.77. The van der Waals surface area contributed by atoms with Crippen LogP contribution in [0.25, 0.3) is 10.8 Å². The highest BCUT2D eigenvalue weighted by Gasteiger charge is 2.36. The summed E-state index contributed by atoms with van der Waals surface area (Å²) in [6.07, 6.45) is 4.77. The average molecular weight is 322 g/mol. The smallest absolute Gasteiger partial charge is 0.148 e. The van der Waals surface area contributed by atoms with E-state index in [4.69, 9.17) is 0 Å². The Morgan fingerprint density at radius 2 is 2.08 bits per heavy atom. The summed E-state index contributed by atoms with van der Waals surface area (Å²) in [7, 11) is 0. The minimum absolute atomic E-state index is 0.250. The molecule has 0 spiro atoms. The number of pyridine rings is 1. The topological polar surface area (TPSA) is 56.9 Å². The van der Waals surface area contributed by atoms with E-state index in [1.807, 2.05) is 19.1 Å². The highest BCUT2D eigenvalue weighted by Crippen LogP contribution is 2.42. The molecule has 24 heavy (non-hydrogen) atoms. The Hall–Kier alpha value is -1.92. The summed E-state index contributed by atoms with van der Waals surface area (Å²) in [5.74, 6) is 2.20. The van der Waals surface area contributed by atoms with E-state index >= 15 is 0 Å². The Labute approximate surface area is 144 Å². The van der Waals surface area contributed by atoms with Crippen LogP contribution < -0.4 is 0 Å². The fraction of sp³-hybridized carbons (Fsp3) is 0.524. The lowest BCUT2D eigenvalue weighted by Crippen LogP contribution is -2.38. The Kier molecular flexibility index (Phi) is 4.87. The van der Waals surface area contributed by atoms with Crippen molar-refractivity contribution in [1.82, 2.24) is 4.98 Å². The van der Waals surface area contributed by atoms with Gasteiger partial charge in [-0.15, -0.1) is 0 Å². The molecule has 0 radical (unpaired) electrons. The molecule has 1 heterocycles. The second-order valence-corrected chi connectivity index (χ2v) is 7.51. The largest absolute Gasteiger partial charge is 0.393 e. The molecule has 3 rings (SSSR count). The lowest BCUT2D eigenvalue weighted by atomic mass is 9.64. The predicted octanol–water partition coefficient (Wildman–Crippen LogP) is 4.33. The van der Waals surface area contributed by atoms with Gasteiger partial charge in [0.05, 0.1) is 6.10 Å². The van der Waals surface area contributed by atoms with Gasteiger partial charge >= 0.3 is 0 Å². The molecule has 1 aromatic carbocycles. The molecule has 3 nitrogen and oxygen atoms in total. The molecular formula is C21H26N2O. The summed E-state index contributed by atoms with van der Waals surface area (Å²) >= 11 is 0. The quantitative estimate of drug-likeness (QED) is 0.915. The van der Waals surface area contributed by atoms with Gasteiger partial charge in [0.25, 0.3) is 0 Å². The Morgan fingerprint density at radius 3 is 2.79 bits per heavy atom. The molecule has 1 aliphatic rings. The molecule has 5 unspecified atom stereocenters. The molecule has 2 aromatic rings. The first kappa shape index (κ1) is 16.9. The Morgan fingerprint density at radius 1 is 1.29 bits per heavy atom. The van der Waals surface area contributed by atoms with Gasteiger partial charge in [-0.1, -0.05) is 38.5 Å². The maximum Gasteiger partial charge on any atom is 0.148 e. The zero-order chi connectivity index (χ0) is 17.3. The van der Waals surface area contributed by atoms with Gasteiger partial charge in [0.15, 0.2) is 0 Å². The first-order chi connectivity index (χ1) is 11.5. The highest BCUT2D eigenvalue weighted by molar-refractivity contribution is 5.86. The number of aromatic nitrogens is 1. The van der Waals surface area contributed by atoms with Crippen LogP contribution in [-0.2, 0) is 6.42 Å². The zero-order valence-corrected chi connectivity index (χ0v) is 14.7. The molecule has 0 bridgehead atoms. The number of hydrogen-bond donors (Lipinski definition) is 1. The van der Waals surface area contributed by atoms with E-state index in [1.165, 1.54) is 12.0 Å². The monoisotopic (exact) mass is 322 g/mol. The molecule has 126 valence electrons. The lowest BCUT2D eigenvalue weighted by molar-refractivity contribution is 0.0159. The van der Waals surface area contributed by atoms with Gasteiger partial charge in [-0.05, 0) is 60.5 Å². The van der Waals surface area contributed by atoms with Gasteiger partial charge < -0.3 is 5.11 Å². The predicted molar refractivity (Wildman–Crippen MR) is 96.4 cm³/mol. The first-order valence-electron chi connectivity index (χ1n) is 8.97.